The molecule has 0 unspecified atom stereocenters. The van der Waals surface area contributed by atoms with Crippen LogP contribution in [-0.4, -0.2) is 12.6 Å². The summed E-state index contributed by atoms with van der Waals surface area (Å²) in [6.45, 7) is 3.08. The van der Waals surface area contributed by atoms with Gasteiger partial charge in [0, 0.05) is 18.5 Å². The van der Waals surface area contributed by atoms with E-state index in [1.165, 1.54) is 37.7 Å². The minimum absolute atomic E-state index is 0.283. The molecule has 0 bridgehead atoms. The molecule has 0 aliphatic heterocycles. The lowest BCUT2D eigenvalue weighted by atomic mass is 9.78. The third kappa shape index (κ3) is 6.98. The van der Waals surface area contributed by atoms with Gasteiger partial charge in [-0.3, -0.25) is 0 Å². The molecule has 3 rings (SSSR count). The van der Waals surface area contributed by atoms with Crippen LogP contribution in [-0.2, 0) is 11.3 Å². The van der Waals surface area contributed by atoms with Gasteiger partial charge in [-0.05, 0) is 60.8 Å². The summed E-state index contributed by atoms with van der Waals surface area (Å²) in [5.74, 6) is 7.95. The van der Waals surface area contributed by atoms with E-state index < -0.39 is 6.09 Å². The van der Waals surface area contributed by atoms with Crippen molar-refractivity contribution in [1.82, 2.24) is 5.32 Å². The fourth-order valence-corrected chi connectivity index (χ4v) is 3.91. The van der Waals surface area contributed by atoms with E-state index in [1.807, 2.05) is 30.3 Å². The zero-order valence-corrected chi connectivity index (χ0v) is 17.3. The number of rotatable bonds is 6. The van der Waals surface area contributed by atoms with E-state index in [2.05, 4.69) is 48.3 Å². The van der Waals surface area contributed by atoms with Crippen LogP contribution in [0.3, 0.4) is 0 Å². The standard InChI is InChI=1S/C26H31NO2/c1-2-21-11-15-24(16-12-21)25-17-13-22(14-18-25)8-6-7-19-27-26(28)29-20-23-9-4-3-5-10-23/h3-5,9-10,13-14,17-18,21,24H,2,7,11-12,15-16,19-20H2,1H3,(H,27,28). The molecular formula is C26H31NO2. The van der Waals surface area contributed by atoms with Crippen molar-refractivity contribution in [2.45, 2.75) is 58.0 Å². The summed E-state index contributed by atoms with van der Waals surface area (Å²) in [4.78, 5) is 11.7. The van der Waals surface area contributed by atoms with Crippen LogP contribution < -0.4 is 5.32 Å². The Hall–Kier alpha value is -2.73. The van der Waals surface area contributed by atoms with Crippen molar-refractivity contribution in [3.63, 3.8) is 0 Å². The maximum Gasteiger partial charge on any atom is 0.407 e. The first-order valence-electron chi connectivity index (χ1n) is 10.8. The topological polar surface area (TPSA) is 38.3 Å². The number of hydrogen-bond donors (Lipinski definition) is 1. The highest BCUT2D eigenvalue weighted by atomic mass is 16.5. The first kappa shape index (κ1) is 21.0. The number of ether oxygens (including phenoxy) is 1. The van der Waals surface area contributed by atoms with Crippen molar-refractivity contribution in [2.75, 3.05) is 6.54 Å². The first-order valence-corrected chi connectivity index (χ1v) is 10.8. The second-order valence-corrected chi connectivity index (χ2v) is 7.79. The van der Waals surface area contributed by atoms with Gasteiger partial charge in [0.15, 0.2) is 0 Å². The van der Waals surface area contributed by atoms with E-state index >= 15 is 0 Å². The highest BCUT2D eigenvalue weighted by molar-refractivity contribution is 5.67. The predicted octanol–water partition coefficient (Wildman–Crippen LogP) is 6.04. The second-order valence-electron chi connectivity index (χ2n) is 7.79. The van der Waals surface area contributed by atoms with Crippen LogP contribution in [0.15, 0.2) is 54.6 Å². The van der Waals surface area contributed by atoms with Crippen molar-refractivity contribution in [3.05, 3.63) is 71.3 Å². The maximum absolute atomic E-state index is 11.7. The predicted molar refractivity (Wildman–Crippen MR) is 118 cm³/mol. The average Bonchev–Trinajstić information content (AvgIpc) is 2.79. The molecule has 3 nitrogen and oxygen atoms in total. The van der Waals surface area contributed by atoms with Gasteiger partial charge in [-0.2, -0.15) is 0 Å². The van der Waals surface area contributed by atoms with Crippen molar-refractivity contribution >= 4 is 6.09 Å². The number of carbonyl (C=O) groups excluding carboxylic acids is 1. The fourth-order valence-electron chi connectivity index (χ4n) is 3.91. The lowest BCUT2D eigenvalue weighted by Crippen LogP contribution is -2.24. The molecule has 1 aliphatic rings. The third-order valence-electron chi connectivity index (χ3n) is 5.77. The van der Waals surface area contributed by atoms with E-state index in [0.29, 0.717) is 18.9 Å². The molecule has 1 N–H and O–H groups in total. The van der Waals surface area contributed by atoms with Crippen LogP contribution in [0.1, 0.15) is 68.1 Å². The van der Waals surface area contributed by atoms with Gasteiger partial charge in [0.05, 0.1) is 0 Å². The molecule has 0 radical (unpaired) electrons. The third-order valence-corrected chi connectivity index (χ3v) is 5.77. The molecule has 0 heterocycles. The normalized spacial score (nSPS) is 18.4. The molecule has 1 fully saturated rings. The summed E-state index contributed by atoms with van der Waals surface area (Å²) in [6, 6.07) is 18.4. The monoisotopic (exact) mass is 389 g/mol. The van der Waals surface area contributed by atoms with E-state index in [4.69, 9.17) is 4.74 Å². The van der Waals surface area contributed by atoms with E-state index in [-0.39, 0.29) is 6.61 Å². The lowest BCUT2D eigenvalue weighted by Gasteiger charge is -2.28. The van der Waals surface area contributed by atoms with Gasteiger partial charge in [0.2, 0.25) is 0 Å². The van der Waals surface area contributed by atoms with Crippen LogP contribution in [0.5, 0.6) is 0 Å². The quantitative estimate of drug-likeness (QED) is 0.483. The Labute approximate surface area is 174 Å². The summed E-state index contributed by atoms with van der Waals surface area (Å²) in [7, 11) is 0. The smallest absolute Gasteiger partial charge is 0.407 e. The molecule has 29 heavy (non-hydrogen) atoms. The van der Waals surface area contributed by atoms with Gasteiger partial charge in [-0.25, -0.2) is 4.79 Å². The van der Waals surface area contributed by atoms with Crippen molar-refractivity contribution in [2.24, 2.45) is 5.92 Å². The molecule has 2 aromatic carbocycles. The molecule has 152 valence electrons. The highest BCUT2D eigenvalue weighted by Crippen LogP contribution is 2.36. The Bertz CT molecular complexity index is 809. The SMILES string of the molecule is CCC1CCC(c2ccc(C#CCCNC(=O)OCc3ccccc3)cc2)CC1. The molecule has 0 atom stereocenters. The van der Waals surface area contributed by atoms with Gasteiger partial charge in [0.1, 0.15) is 6.61 Å². The lowest BCUT2D eigenvalue weighted by molar-refractivity contribution is 0.140. The number of nitrogens with one attached hydrogen (secondary N) is 1. The highest BCUT2D eigenvalue weighted by Gasteiger charge is 2.20. The minimum Gasteiger partial charge on any atom is -0.445 e. The van der Waals surface area contributed by atoms with Gasteiger partial charge in [-0.15, -0.1) is 0 Å². The van der Waals surface area contributed by atoms with E-state index in [0.717, 1.165) is 17.0 Å². The van der Waals surface area contributed by atoms with Crippen molar-refractivity contribution in [3.8, 4) is 11.8 Å². The molecule has 2 aromatic rings. The number of amides is 1. The summed E-state index contributed by atoms with van der Waals surface area (Å²) in [6.07, 6.45) is 6.88. The molecule has 0 spiro atoms. The summed E-state index contributed by atoms with van der Waals surface area (Å²) in [5.41, 5.74) is 3.46. The molecule has 1 saturated carbocycles. The summed E-state index contributed by atoms with van der Waals surface area (Å²) < 4.78 is 5.18. The Morgan fingerprint density at radius 2 is 1.76 bits per heavy atom. The fraction of sp³-hybridized carbons (Fsp3) is 0.423. The van der Waals surface area contributed by atoms with Crippen LogP contribution in [0.4, 0.5) is 4.79 Å². The summed E-state index contributed by atoms with van der Waals surface area (Å²) >= 11 is 0. The van der Waals surface area contributed by atoms with Gasteiger partial charge in [-0.1, -0.05) is 67.6 Å². The molecule has 1 amide bonds. The minimum atomic E-state index is -0.405. The molecular weight excluding hydrogens is 358 g/mol. The van der Waals surface area contributed by atoms with Crippen LogP contribution >= 0.6 is 0 Å². The van der Waals surface area contributed by atoms with Crippen LogP contribution in [0.25, 0.3) is 0 Å². The molecule has 0 aromatic heterocycles. The zero-order chi connectivity index (χ0) is 20.3. The van der Waals surface area contributed by atoms with Crippen LogP contribution in [0, 0.1) is 17.8 Å². The largest absolute Gasteiger partial charge is 0.445 e. The average molecular weight is 390 g/mol. The first-order chi connectivity index (χ1) is 14.2. The zero-order valence-electron chi connectivity index (χ0n) is 17.3. The van der Waals surface area contributed by atoms with E-state index in [1.54, 1.807) is 0 Å². The number of alkyl carbamates (subject to hydrolysis) is 1. The number of carbonyl (C=O) groups is 1. The number of benzene rings is 2. The molecule has 3 heteroatoms. The van der Waals surface area contributed by atoms with Gasteiger partial charge >= 0.3 is 6.09 Å². The molecule has 1 aliphatic carbocycles. The molecule has 0 saturated heterocycles. The van der Waals surface area contributed by atoms with Crippen molar-refractivity contribution in [1.29, 1.82) is 0 Å². The maximum atomic E-state index is 11.7. The second kappa shape index (κ2) is 11.3. The van der Waals surface area contributed by atoms with Crippen molar-refractivity contribution < 1.29 is 9.53 Å². The summed E-state index contributed by atoms with van der Waals surface area (Å²) in [5, 5.41) is 2.74. The Morgan fingerprint density at radius 1 is 1.03 bits per heavy atom. The Kier molecular flexibility index (Phi) is 8.19. The number of hydrogen-bond acceptors (Lipinski definition) is 2. The Morgan fingerprint density at radius 3 is 2.45 bits per heavy atom. The van der Waals surface area contributed by atoms with Gasteiger partial charge in [0.25, 0.3) is 0 Å². The Balaban J connectivity index is 1.35. The van der Waals surface area contributed by atoms with E-state index in [9.17, 15) is 4.79 Å². The van der Waals surface area contributed by atoms with Gasteiger partial charge < -0.3 is 10.1 Å². The van der Waals surface area contributed by atoms with Crippen LogP contribution in [0.2, 0.25) is 0 Å².